The maximum absolute atomic E-state index is 13.3. The Morgan fingerprint density at radius 1 is 1.21 bits per heavy atom. The number of benzene rings is 1. The highest BCUT2D eigenvalue weighted by Gasteiger charge is 2.47. The number of aryl methyl sites for hydroxylation is 1. The molecule has 0 bridgehead atoms. The topological polar surface area (TPSA) is 67.7 Å². The van der Waals surface area contributed by atoms with Crippen molar-refractivity contribution in [3.63, 3.8) is 0 Å². The summed E-state index contributed by atoms with van der Waals surface area (Å²) in [6, 6.07) is 12.0. The number of rotatable bonds is 2. The zero-order valence-electron chi connectivity index (χ0n) is 16.4. The first-order valence-corrected chi connectivity index (χ1v) is 10.5. The third kappa shape index (κ3) is 2.98. The molecule has 2 aromatic heterocycles. The lowest BCUT2D eigenvalue weighted by Crippen LogP contribution is -2.52. The smallest absolute Gasteiger partial charge is 0.410 e. The number of hydrogen-bond donors (Lipinski definition) is 0. The quantitative estimate of drug-likeness (QED) is 0.650. The SMILES string of the molecule is CN1CC2(CCCN(C(=O)c3cc4c(-c5ccccc5)nn(C)c4s3)C2)OC1=O. The summed E-state index contributed by atoms with van der Waals surface area (Å²) in [6.07, 6.45) is 1.32. The second-order valence-electron chi connectivity index (χ2n) is 7.91. The van der Waals surface area contributed by atoms with E-state index in [0.29, 0.717) is 24.5 Å². The van der Waals surface area contributed by atoms with Gasteiger partial charge in [-0.15, -0.1) is 11.3 Å². The van der Waals surface area contributed by atoms with E-state index in [1.165, 1.54) is 11.3 Å². The lowest BCUT2D eigenvalue weighted by Gasteiger charge is -2.38. The van der Waals surface area contributed by atoms with Gasteiger partial charge in [-0.3, -0.25) is 9.48 Å². The average Bonchev–Trinajstić information content (AvgIpc) is 3.36. The fourth-order valence-corrected chi connectivity index (χ4v) is 5.43. The Kier molecular flexibility index (Phi) is 4.13. The molecular formula is C21H22N4O3S. The van der Waals surface area contributed by atoms with Crippen LogP contribution >= 0.6 is 11.3 Å². The minimum absolute atomic E-state index is 0.00473. The zero-order chi connectivity index (χ0) is 20.2. The molecule has 2 saturated heterocycles. The molecule has 2 amide bonds. The summed E-state index contributed by atoms with van der Waals surface area (Å²) >= 11 is 1.46. The van der Waals surface area contributed by atoms with Crippen molar-refractivity contribution in [3.05, 3.63) is 41.3 Å². The maximum atomic E-state index is 13.3. The van der Waals surface area contributed by atoms with Gasteiger partial charge in [0.25, 0.3) is 5.91 Å². The molecule has 1 spiro atoms. The highest BCUT2D eigenvalue weighted by Crippen LogP contribution is 2.36. The van der Waals surface area contributed by atoms with Crippen LogP contribution in [0.3, 0.4) is 0 Å². The van der Waals surface area contributed by atoms with E-state index in [9.17, 15) is 9.59 Å². The van der Waals surface area contributed by atoms with Gasteiger partial charge in [0.1, 0.15) is 16.1 Å². The largest absolute Gasteiger partial charge is 0.439 e. The number of likely N-dealkylation sites (tertiary alicyclic amines) is 1. The van der Waals surface area contributed by atoms with Crippen molar-refractivity contribution in [1.82, 2.24) is 19.6 Å². The summed E-state index contributed by atoms with van der Waals surface area (Å²) < 4.78 is 7.48. The van der Waals surface area contributed by atoms with Crippen LogP contribution in [0.4, 0.5) is 4.79 Å². The molecule has 7 nitrogen and oxygen atoms in total. The van der Waals surface area contributed by atoms with E-state index in [-0.39, 0.29) is 12.0 Å². The van der Waals surface area contributed by atoms with Crippen molar-refractivity contribution in [3.8, 4) is 11.3 Å². The van der Waals surface area contributed by atoms with Crippen molar-refractivity contribution in [2.24, 2.45) is 7.05 Å². The molecule has 0 saturated carbocycles. The molecule has 2 aliphatic heterocycles. The third-order valence-corrected chi connectivity index (χ3v) is 6.93. The lowest BCUT2D eigenvalue weighted by molar-refractivity contribution is -0.00503. The summed E-state index contributed by atoms with van der Waals surface area (Å²) in [6.45, 7) is 1.66. The molecule has 0 aliphatic carbocycles. The molecule has 8 heteroatoms. The summed E-state index contributed by atoms with van der Waals surface area (Å²) in [5, 5.41) is 5.64. The number of hydrogen-bond acceptors (Lipinski definition) is 5. The van der Waals surface area contributed by atoms with E-state index in [0.717, 1.165) is 34.3 Å². The van der Waals surface area contributed by atoms with Crippen LogP contribution in [0.5, 0.6) is 0 Å². The maximum Gasteiger partial charge on any atom is 0.410 e. The Balaban J connectivity index is 1.45. The van der Waals surface area contributed by atoms with Gasteiger partial charge in [-0.1, -0.05) is 30.3 Å². The van der Waals surface area contributed by atoms with Crippen LogP contribution in [-0.4, -0.2) is 63.9 Å². The van der Waals surface area contributed by atoms with E-state index in [1.54, 1.807) is 11.9 Å². The number of piperidine rings is 1. The Labute approximate surface area is 172 Å². The minimum Gasteiger partial charge on any atom is -0.439 e. The van der Waals surface area contributed by atoms with Crippen molar-refractivity contribution in [2.75, 3.05) is 26.7 Å². The van der Waals surface area contributed by atoms with Gasteiger partial charge in [-0.05, 0) is 18.9 Å². The Morgan fingerprint density at radius 3 is 2.72 bits per heavy atom. The highest BCUT2D eigenvalue weighted by atomic mass is 32.1. The molecule has 5 rings (SSSR count). The normalized spacial score (nSPS) is 21.9. The number of thiophene rings is 1. The van der Waals surface area contributed by atoms with Crippen LogP contribution in [0.2, 0.25) is 0 Å². The number of likely N-dealkylation sites (N-methyl/N-ethyl adjacent to an activating group) is 1. The van der Waals surface area contributed by atoms with Crippen LogP contribution in [0.1, 0.15) is 22.5 Å². The van der Waals surface area contributed by atoms with Gasteiger partial charge in [0, 0.05) is 31.6 Å². The molecule has 1 atom stereocenters. The number of fused-ring (bicyclic) bond motifs is 1. The first kappa shape index (κ1) is 18.2. The number of nitrogens with zero attached hydrogens (tertiary/aromatic N) is 4. The van der Waals surface area contributed by atoms with Gasteiger partial charge in [-0.25, -0.2) is 4.79 Å². The van der Waals surface area contributed by atoms with E-state index in [2.05, 4.69) is 5.10 Å². The average molecular weight is 410 g/mol. The number of ether oxygens (including phenoxy) is 1. The van der Waals surface area contributed by atoms with Gasteiger partial charge >= 0.3 is 6.09 Å². The van der Waals surface area contributed by atoms with Crippen LogP contribution < -0.4 is 0 Å². The number of amides is 2. The van der Waals surface area contributed by atoms with Crippen molar-refractivity contribution in [1.29, 1.82) is 0 Å². The summed E-state index contributed by atoms with van der Waals surface area (Å²) in [5.41, 5.74) is 1.35. The fourth-order valence-electron chi connectivity index (χ4n) is 4.39. The molecule has 2 aliphatic rings. The predicted octanol–water partition coefficient (Wildman–Crippen LogP) is 3.36. The van der Waals surface area contributed by atoms with E-state index >= 15 is 0 Å². The first-order valence-electron chi connectivity index (χ1n) is 9.71. The molecule has 29 heavy (non-hydrogen) atoms. The second-order valence-corrected chi connectivity index (χ2v) is 8.94. The first-order chi connectivity index (χ1) is 14.0. The van der Waals surface area contributed by atoms with Gasteiger partial charge in [0.05, 0.1) is 18.0 Å². The van der Waals surface area contributed by atoms with Gasteiger partial charge in [0.15, 0.2) is 0 Å². The second kappa shape index (κ2) is 6.59. The zero-order valence-corrected chi connectivity index (χ0v) is 17.2. The van der Waals surface area contributed by atoms with E-state index in [4.69, 9.17) is 4.74 Å². The van der Waals surface area contributed by atoms with E-state index in [1.807, 2.05) is 53.0 Å². The number of carbonyl (C=O) groups is 2. The Morgan fingerprint density at radius 2 is 2.00 bits per heavy atom. The molecule has 4 heterocycles. The number of aromatic nitrogens is 2. The summed E-state index contributed by atoms with van der Waals surface area (Å²) in [5.74, 6) is -0.00473. The molecule has 0 N–H and O–H groups in total. The summed E-state index contributed by atoms with van der Waals surface area (Å²) in [7, 11) is 3.64. The van der Waals surface area contributed by atoms with E-state index < -0.39 is 5.60 Å². The van der Waals surface area contributed by atoms with Gasteiger partial charge in [-0.2, -0.15) is 5.10 Å². The monoisotopic (exact) mass is 410 g/mol. The van der Waals surface area contributed by atoms with Crippen LogP contribution in [-0.2, 0) is 11.8 Å². The molecule has 3 aromatic rings. The minimum atomic E-state index is -0.576. The van der Waals surface area contributed by atoms with Gasteiger partial charge in [0.2, 0.25) is 0 Å². The standard InChI is InChI=1S/C21H22N4O3S/c1-23-12-21(28-20(23)27)9-6-10-25(13-21)18(26)16-11-15-17(14-7-4-3-5-8-14)22-24(2)19(15)29-16/h3-5,7-8,11H,6,9-10,12-13H2,1-2H3. The van der Waals surface area contributed by atoms with Crippen LogP contribution in [0.25, 0.3) is 21.5 Å². The predicted molar refractivity (Wildman–Crippen MR) is 111 cm³/mol. The Hall–Kier alpha value is -2.87. The van der Waals surface area contributed by atoms with Crippen molar-refractivity contribution in [2.45, 2.75) is 18.4 Å². The van der Waals surface area contributed by atoms with Crippen LogP contribution in [0, 0.1) is 0 Å². The lowest BCUT2D eigenvalue weighted by atomic mass is 9.92. The third-order valence-electron chi connectivity index (χ3n) is 5.74. The molecule has 0 radical (unpaired) electrons. The fraction of sp³-hybridized carbons (Fsp3) is 0.381. The van der Waals surface area contributed by atoms with Crippen LogP contribution in [0.15, 0.2) is 36.4 Å². The molecule has 1 aromatic carbocycles. The Bertz CT molecular complexity index is 1110. The molecular weight excluding hydrogens is 388 g/mol. The van der Waals surface area contributed by atoms with Gasteiger partial charge < -0.3 is 14.5 Å². The van der Waals surface area contributed by atoms with Crippen molar-refractivity contribution >= 4 is 33.6 Å². The highest BCUT2D eigenvalue weighted by molar-refractivity contribution is 7.20. The molecule has 150 valence electrons. The molecule has 1 unspecified atom stereocenters. The molecule has 2 fully saturated rings. The summed E-state index contributed by atoms with van der Waals surface area (Å²) in [4.78, 5) is 30.3. The number of carbonyl (C=O) groups excluding carboxylic acids is 2. The van der Waals surface area contributed by atoms with Crippen molar-refractivity contribution < 1.29 is 14.3 Å².